The highest BCUT2D eigenvalue weighted by molar-refractivity contribution is 7.98. The quantitative estimate of drug-likeness (QED) is 0.445. The number of nitrogens with one attached hydrogen (secondary N) is 2. The molecule has 2 aromatic heterocycles. The molecular weight excluding hydrogens is 390 g/mol. The zero-order valence-electron chi connectivity index (χ0n) is 15.3. The predicted molar refractivity (Wildman–Crippen MR) is 99.4 cm³/mol. The first-order valence-electron chi connectivity index (χ1n) is 8.27. The Morgan fingerprint density at radius 3 is 2.64 bits per heavy atom. The molecule has 11 nitrogen and oxygen atoms in total. The zero-order chi connectivity index (χ0) is 20.7. The summed E-state index contributed by atoms with van der Waals surface area (Å²) in [5.74, 6) is -0.232. The number of carboxylic acid groups (broad SMARTS) is 1. The second-order valence-electron chi connectivity index (χ2n) is 5.88. The van der Waals surface area contributed by atoms with E-state index in [1.807, 2.05) is 6.26 Å². The third-order valence-electron chi connectivity index (χ3n) is 3.63. The minimum absolute atomic E-state index is 0.0611. The monoisotopic (exact) mass is 411 g/mol. The highest BCUT2D eigenvalue weighted by Gasteiger charge is 2.26. The van der Waals surface area contributed by atoms with Gasteiger partial charge in [-0.2, -0.15) is 16.7 Å². The number of hydrogen-bond donors (Lipinski definition) is 4. The summed E-state index contributed by atoms with van der Waals surface area (Å²) >= 11 is 1.46. The van der Waals surface area contributed by atoms with Crippen molar-refractivity contribution in [3.05, 3.63) is 23.8 Å². The van der Waals surface area contributed by atoms with Crippen molar-refractivity contribution in [2.45, 2.75) is 31.8 Å². The Morgan fingerprint density at radius 1 is 1.32 bits per heavy atom. The van der Waals surface area contributed by atoms with Gasteiger partial charge in [-0.25, -0.2) is 9.59 Å². The highest BCUT2D eigenvalue weighted by atomic mass is 32.2. The molecule has 2 heterocycles. The number of nitrogens with two attached hydrogens (primary N) is 1. The van der Waals surface area contributed by atoms with Crippen molar-refractivity contribution in [1.82, 2.24) is 20.8 Å². The van der Waals surface area contributed by atoms with Crippen molar-refractivity contribution in [1.29, 1.82) is 0 Å². The minimum Gasteiger partial charge on any atom is -0.480 e. The lowest BCUT2D eigenvalue weighted by Crippen LogP contribution is -2.47. The number of carbonyl (C=O) groups is 3. The van der Waals surface area contributed by atoms with Crippen LogP contribution in [0.3, 0.4) is 0 Å². The maximum atomic E-state index is 12.2. The average Bonchev–Trinajstić information content (AvgIpc) is 3.26. The summed E-state index contributed by atoms with van der Waals surface area (Å²) < 4.78 is 10.5. The SMILES string of the molecule is CSCC[C@H](NC(=O)N[C@@H](CC(N)=O)c1nc(-c2ccc(C)o2)no1)C(=O)O. The summed E-state index contributed by atoms with van der Waals surface area (Å²) in [5.41, 5.74) is 5.23. The smallest absolute Gasteiger partial charge is 0.326 e. The number of aryl methyl sites for hydroxylation is 1. The van der Waals surface area contributed by atoms with Crippen molar-refractivity contribution in [2.75, 3.05) is 12.0 Å². The lowest BCUT2D eigenvalue weighted by Gasteiger charge is -2.18. The summed E-state index contributed by atoms with van der Waals surface area (Å²) in [6, 6.07) is 0.471. The number of aromatic nitrogens is 2. The molecule has 2 rings (SSSR count). The number of carbonyl (C=O) groups excluding carboxylic acids is 2. The molecule has 0 bridgehead atoms. The maximum absolute atomic E-state index is 12.2. The molecule has 3 amide bonds. The zero-order valence-corrected chi connectivity index (χ0v) is 16.1. The molecule has 0 aliphatic heterocycles. The molecule has 0 saturated heterocycles. The van der Waals surface area contributed by atoms with Gasteiger partial charge in [-0.1, -0.05) is 5.16 Å². The van der Waals surface area contributed by atoms with Crippen LogP contribution in [0.5, 0.6) is 0 Å². The summed E-state index contributed by atoms with van der Waals surface area (Å²) in [6.45, 7) is 1.75. The van der Waals surface area contributed by atoms with E-state index in [-0.39, 0.29) is 24.6 Å². The molecule has 0 aromatic carbocycles. The number of hydrogen-bond acceptors (Lipinski definition) is 8. The van der Waals surface area contributed by atoms with E-state index < -0.39 is 30.0 Å². The molecule has 12 heteroatoms. The predicted octanol–water partition coefficient (Wildman–Crippen LogP) is 1.06. The standard InChI is InChI=1S/C16H21N5O6S/c1-8-3-4-11(26-8)13-20-14(27-21-13)10(7-12(17)22)19-16(25)18-9(15(23)24)5-6-28-2/h3-4,9-10H,5-7H2,1-2H3,(H2,17,22)(H,23,24)(H2,18,19,25)/t9-,10-/m0/s1. The number of primary amides is 1. The number of aliphatic carboxylic acids is 1. The Labute approximate surface area is 164 Å². The van der Waals surface area contributed by atoms with Crippen molar-refractivity contribution >= 4 is 29.7 Å². The number of nitrogens with zero attached hydrogens (tertiary/aromatic N) is 2. The fraction of sp³-hybridized carbons (Fsp3) is 0.438. The van der Waals surface area contributed by atoms with Crippen LogP contribution < -0.4 is 16.4 Å². The molecule has 152 valence electrons. The first kappa shape index (κ1) is 21.3. The molecule has 0 unspecified atom stereocenters. The highest BCUT2D eigenvalue weighted by Crippen LogP contribution is 2.22. The summed E-state index contributed by atoms with van der Waals surface area (Å²) in [7, 11) is 0. The second kappa shape index (κ2) is 9.78. The van der Waals surface area contributed by atoms with Gasteiger partial charge in [0.25, 0.3) is 0 Å². The van der Waals surface area contributed by atoms with Gasteiger partial charge in [0.05, 0.1) is 6.42 Å². The van der Waals surface area contributed by atoms with Crippen LogP contribution in [0, 0.1) is 6.92 Å². The molecule has 0 spiro atoms. The van der Waals surface area contributed by atoms with Gasteiger partial charge in [0.1, 0.15) is 17.8 Å². The largest absolute Gasteiger partial charge is 0.480 e. The van der Waals surface area contributed by atoms with Crippen LogP contribution in [0.4, 0.5) is 4.79 Å². The second-order valence-corrected chi connectivity index (χ2v) is 6.87. The molecule has 0 aliphatic carbocycles. The molecular formula is C16H21N5O6S. The van der Waals surface area contributed by atoms with Gasteiger partial charge >= 0.3 is 12.0 Å². The third-order valence-corrected chi connectivity index (χ3v) is 4.27. The minimum atomic E-state index is -1.16. The maximum Gasteiger partial charge on any atom is 0.326 e. The van der Waals surface area contributed by atoms with Crippen LogP contribution in [0.2, 0.25) is 0 Å². The number of rotatable bonds is 10. The molecule has 2 atom stereocenters. The van der Waals surface area contributed by atoms with Crippen LogP contribution in [0.1, 0.15) is 30.5 Å². The van der Waals surface area contributed by atoms with Gasteiger partial charge in [-0.15, -0.1) is 0 Å². The first-order chi connectivity index (χ1) is 13.3. The normalized spacial score (nSPS) is 12.9. The van der Waals surface area contributed by atoms with Crippen LogP contribution in [-0.2, 0) is 9.59 Å². The number of furan rings is 1. The summed E-state index contributed by atoms with van der Waals surface area (Å²) in [4.78, 5) is 39.0. The lowest BCUT2D eigenvalue weighted by molar-refractivity contribution is -0.139. The Kier molecular flexibility index (Phi) is 7.44. The lowest BCUT2D eigenvalue weighted by atomic mass is 10.2. The van der Waals surface area contributed by atoms with Crippen LogP contribution in [0.15, 0.2) is 21.1 Å². The molecule has 0 aliphatic rings. The first-order valence-corrected chi connectivity index (χ1v) is 9.67. The van der Waals surface area contributed by atoms with E-state index in [9.17, 15) is 19.5 Å². The van der Waals surface area contributed by atoms with Gasteiger partial charge in [0.2, 0.25) is 17.6 Å². The molecule has 28 heavy (non-hydrogen) atoms. The molecule has 0 saturated carbocycles. The Morgan fingerprint density at radius 2 is 2.07 bits per heavy atom. The topological polar surface area (TPSA) is 174 Å². The Bertz CT molecular complexity index is 835. The van der Waals surface area contributed by atoms with Crippen molar-refractivity contribution < 1.29 is 28.4 Å². The number of carboxylic acids is 1. The average molecular weight is 411 g/mol. The molecule has 0 fully saturated rings. The van der Waals surface area contributed by atoms with Gasteiger partial charge in [0, 0.05) is 0 Å². The van der Waals surface area contributed by atoms with E-state index in [0.717, 1.165) is 0 Å². The Balaban J connectivity index is 2.11. The van der Waals surface area contributed by atoms with Crippen molar-refractivity contribution in [3.8, 4) is 11.6 Å². The van der Waals surface area contributed by atoms with Gasteiger partial charge in [-0.3, -0.25) is 4.79 Å². The van der Waals surface area contributed by atoms with Crippen molar-refractivity contribution in [2.24, 2.45) is 5.73 Å². The Hall–Kier alpha value is -3.02. The fourth-order valence-electron chi connectivity index (χ4n) is 2.28. The molecule has 2 aromatic rings. The van der Waals surface area contributed by atoms with Gasteiger partial charge in [0.15, 0.2) is 5.76 Å². The van der Waals surface area contributed by atoms with E-state index >= 15 is 0 Å². The number of thioether (sulfide) groups is 1. The van der Waals surface area contributed by atoms with Crippen LogP contribution >= 0.6 is 11.8 Å². The molecule has 0 radical (unpaired) electrons. The number of amides is 3. The third kappa shape index (κ3) is 6.01. The van der Waals surface area contributed by atoms with Crippen LogP contribution in [-0.4, -0.2) is 51.2 Å². The van der Waals surface area contributed by atoms with Crippen molar-refractivity contribution in [3.63, 3.8) is 0 Å². The van der Waals surface area contributed by atoms with E-state index in [4.69, 9.17) is 14.7 Å². The van der Waals surface area contributed by atoms with Crippen LogP contribution in [0.25, 0.3) is 11.6 Å². The molecule has 5 N–H and O–H groups in total. The van der Waals surface area contributed by atoms with Gasteiger partial charge < -0.3 is 30.4 Å². The fourth-order valence-corrected chi connectivity index (χ4v) is 2.76. The number of urea groups is 1. The van der Waals surface area contributed by atoms with Gasteiger partial charge in [-0.05, 0) is 37.5 Å². The summed E-state index contributed by atoms with van der Waals surface area (Å²) in [6.07, 6.45) is 1.76. The van der Waals surface area contributed by atoms with E-state index in [1.54, 1.807) is 19.1 Å². The van der Waals surface area contributed by atoms with E-state index in [0.29, 0.717) is 17.3 Å². The van der Waals surface area contributed by atoms with E-state index in [2.05, 4.69) is 20.8 Å². The van der Waals surface area contributed by atoms with E-state index in [1.165, 1.54) is 11.8 Å². The summed E-state index contributed by atoms with van der Waals surface area (Å²) in [5, 5.41) is 17.8.